The van der Waals surface area contributed by atoms with E-state index in [2.05, 4.69) is 11.6 Å². The predicted molar refractivity (Wildman–Crippen MR) is 29.3 cm³/mol. The van der Waals surface area contributed by atoms with Crippen LogP contribution in [0.1, 0.15) is 0 Å². The lowest BCUT2D eigenvalue weighted by Gasteiger charge is -2.13. The van der Waals surface area contributed by atoms with Crippen molar-refractivity contribution in [1.29, 1.82) is 0 Å². The average Bonchev–Trinajstić information content (AvgIpc) is 1.60. The Morgan fingerprint density at radius 2 is 1.50 bits per heavy atom. The van der Waals surface area contributed by atoms with Crippen LogP contribution < -0.4 is 0 Å². The van der Waals surface area contributed by atoms with Crippen LogP contribution in [0, 0.1) is 0 Å². The Labute approximate surface area is 62.7 Å². The molecule has 0 aromatic rings. The summed E-state index contributed by atoms with van der Waals surface area (Å²) in [4.78, 5) is 0. The van der Waals surface area contributed by atoms with Gasteiger partial charge in [0.2, 0.25) is 0 Å². The molecule has 7 heteroatoms. The summed E-state index contributed by atoms with van der Waals surface area (Å²) in [5, 5.41) is -3.92. The van der Waals surface area contributed by atoms with Crippen molar-refractivity contribution in [2.24, 2.45) is 0 Å². The summed E-state index contributed by atoms with van der Waals surface area (Å²) in [6.45, 7) is 0. The van der Waals surface area contributed by atoms with Crippen molar-refractivity contribution in [1.82, 2.24) is 0 Å². The molecule has 0 N–H and O–H groups in total. The minimum absolute atomic E-state index is 1.34. The van der Waals surface area contributed by atoms with Gasteiger partial charge < -0.3 is 0 Å². The number of halogens is 6. The van der Waals surface area contributed by atoms with Crippen LogP contribution in [0.4, 0.5) is 22.0 Å². The normalized spacial score (nSPS) is 13.8. The highest BCUT2D eigenvalue weighted by Gasteiger charge is 2.43. The van der Waals surface area contributed by atoms with Crippen molar-refractivity contribution in [2.45, 2.75) is 10.8 Å². The zero-order valence-corrected chi connectivity index (χ0v) is 5.96. The minimum Gasteiger partial charge on any atom is -0.193 e. The summed E-state index contributed by atoms with van der Waals surface area (Å²) in [6.07, 6.45) is 0. The third kappa shape index (κ3) is 5.10. The topological polar surface area (TPSA) is 0 Å². The Morgan fingerprint density at radius 1 is 1.10 bits per heavy atom. The number of rotatable bonds is 2. The first-order valence-electron chi connectivity index (χ1n) is 1.97. The maximum Gasteiger partial charge on any atom is 0.447 e. The van der Waals surface area contributed by atoms with Crippen LogP contribution in [0.5, 0.6) is 0 Å². The van der Waals surface area contributed by atoms with E-state index in [0.717, 1.165) is 0 Å². The lowest BCUT2D eigenvalue weighted by Crippen LogP contribution is -2.19. The molecule has 0 aliphatic carbocycles. The molecule has 0 aliphatic rings. The molecule has 0 saturated carbocycles. The average molecular weight is 201 g/mol. The quantitative estimate of drug-likeness (QED) is 0.488. The monoisotopic (exact) mass is 200 g/mol. The van der Waals surface area contributed by atoms with E-state index in [9.17, 15) is 22.0 Å². The van der Waals surface area contributed by atoms with Crippen molar-refractivity contribution in [2.75, 3.05) is 5.88 Å². The molecule has 0 amide bonds. The van der Waals surface area contributed by atoms with Gasteiger partial charge in [-0.15, -0.1) is 11.6 Å². The summed E-state index contributed by atoms with van der Waals surface area (Å²) in [5.74, 6) is -1.34. The summed E-state index contributed by atoms with van der Waals surface area (Å²) in [5.41, 5.74) is -4.93. The van der Waals surface area contributed by atoms with Crippen molar-refractivity contribution in [3.8, 4) is 0 Å². The standard InChI is InChI=1S/C3H2ClF5S/c4-1-2(5,6)10-3(7,8)9/h1H2. The molecule has 0 bridgehead atoms. The van der Waals surface area contributed by atoms with Crippen LogP contribution in [-0.4, -0.2) is 16.6 Å². The van der Waals surface area contributed by atoms with E-state index in [0.29, 0.717) is 0 Å². The molecule has 0 radical (unpaired) electrons. The molecule has 0 atom stereocenters. The Morgan fingerprint density at radius 3 is 1.60 bits per heavy atom. The van der Waals surface area contributed by atoms with E-state index in [1.807, 2.05) is 0 Å². The molecule has 62 valence electrons. The van der Waals surface area contributed by atoms with Gasteiger partial charge in [0.25, 0.3) is 0 Å². The second kappa shape index (κ2) is 3.13. The van der Waals surface area contributed by atoms with Gasteiger partial charge in [0.05, 0.1) is 5.88 Å². The van der Waals surface area contributed by atoms with Gasteiger partial charge in [-0.1, -0.05) is 0 Å². The lowest BCUT2D eigenvalue weighted by atomic mass is 10.8. The summed E-state index contributed by atoms with van der Waals surface area (Å²) in [6, 6.07) is 0. The fourth-order valence-corrected chi connectivity index (χ4v) is 0.753. The zero-order valence-electron chi connectivity index (χ0n) is 4.38. The van der Waals surface area contributed by atoms with Gasteiger partial charge in [0.1, 0.15) is 0 Å². The number of thioether (sulfide) groups is 1. The Kier molecular flexibility index (Phi) is 3.22. The van der Waals surface area contributed by atoms with Gasteiger partial charge in [-0.3, -0.25) is 0 Å². The maximum absolute atomic E-state index is 11.8. The van der Waals surface area contributed by atoms with E-state index in [1.165, 1.54) is 0 Å². The highest BCUT2D eigenvalue weighted by molar-refractivity contribution is 8.01. The van der Waals surface area contributed by atoms with Crippen LogP contribution in [0.2, 0.25) is 0 Å². The van der Waals surface area contributed by atoms with Gasteiger partial charge in [-0.2, -0.15) is 22.0 Å². The second-order valence-electron chi connectivity index (χ2n) is 1.32. The molecule has 0 spiro atoms. The van der Waals surface area contributed by atoms with E-state index >= 15 is 0 Å². The third-order valence-corrected chi connectivity index (χ3v) is 1.59. The van der Waals surface area contributed by atoms with E-state index in [1.54, 1.807) is 0 Å². The molecule has 0 fully saturated rings. The maximum atomic E-state index is 11.8. The molecule has 0 aromatic carbocycles. The molecular formula is C3H2ClF5S. The highest BCUT2D eigenvalue weighted by Crippen LogP contribution is 2.42. The lowest BCUT2D eigenvalue weighted by molar-refractivity contribution is -0.0400. The summed E-state index contributed by atoms with van der Waals surface area (Å²) < 4.78 is 57.0. The van der Waals surface area contributed by atoms with Crippen LogP contribution in [-0.2, 0) is 0 Å². The molecule has 0 saturated heterocycles. The fraction of sp³-hybridized carbons (Fsp3) is 1.00. The molecule has 0 aliphatic heterocycles. The van der Waals surface area contributed by atoms with Crippen LogP contribution in [0.15, 0.2) is 0 Å². The summed E-state index contributed by atoms with van der Waals surface area (Å²) in [7, 11) is 0. The summed E-state index contributed by atoms with van der Waals surface area (Å²) >= 11 is 3.12. The first-order chi connectivity index (χ1) is 4.27. The fourth-order valence-electron chi connectivity index (χ4n) is 0.197. The molecule has 0 nitrogen and oxygen atoms in total. The van der Waals surface area contributed by atoms with Gasteiger partial charge >= 0.3 is 10.8 Å². The second-order valence-corrected chi connectivity index (χ2v) is 2.85. The first kappa shape index (κ1) is 10.3. The van der Waals surface area contributed by atoms with Crippen molar-refractivity contribution in [3.63, 3.8) is 0 Å². The third-order valence-electron chi connectivity index (χ3n) is 0.421. The Bertz CT molecular complexity index is 110. The smallest absolute Gasteiger partial charge is 0.193 e. The van der Waals surface area contributed by atoms with Crippen LogP contribution in [0.25, 0.3) is 0 Å². The molecule has 0 unspecified atom stereocenters. The number of hydrogen-bond acceptors (Lipinski definition) is 1. The SMILES string of the molecule is FC(F)(F)SC(F)(F)CCl. The highest BCUT2D eigenvalue weighted by atomic mass is 35.5. The van der Waals surface area contributed by atoms with Crippen molar-refractivity contribution >= 4 is 23.4 Å². The zero-order chi connectivity index (χ0) is 8.41. The van der Waals surface area contributed by atoms with Crippen molar-refractivity contribution < 1.29 is 22.0 Å². The van der Waals surface area contributed by atoms with Gasteiger partial charge in [0, 0.05) is 11.8 Å². The van der Waals surface area contributed by atoms with Crippen molar-refractivity contribution in [3.05, 3.63) is 0 Å². The molecular weight excluding hydrogens is 199 g/mol. The predicted octanol–water partition coefficient (Wildman–Crippen LogP) is 3.07. The largest absolute Gasteiger partial charge is 0.447 e. The van der Waals surface area contributed by atoms with E-state index in [-0.39, 0.29) is 0 Å². The van der Waals surface area contributed by atoms with E-state index in [4.69, 9.17) is 0 Å². The van der Waals surface area contributed by atoms with Gasteiger partial charge in [-0.05, 0) is 0 Å². The molecule has 0 aromatic heterocycles. The number of hydrogen-bond donors (Lipinski definition) is 0. The number of alkyl halides is 6. The molecule has 0 rings (SSSR count). The minimum atomic E-state index is -4.93. The van der Waals surface area contributed by atoms with Gasteiger partial charge in [-0.25, -0.2) is 0 Å². The van der Waals surface area contributed by atoms with E-state index < -0.39 is 28.4 Å². The van der Waals surface area contributed by atoms with Gasteiger partial charge in [0.15, 0.2) is 0 Å². The Hall–Kier alpha value is 0.290. The Balaban J connectivity index is 3.89. The first-order valence-corrected chi connectivity index (χ1v) is 3.32. The molecule has 0 heterocycles. The van der Waals surface area contributed by atoms with Crippen LogP contribution >= 0.6 is 23.4 Å². The molecule has 10 heavy (non-hydrogen) atoms. The van der Waals surface area contributed by atoms with Crippen LogP contribution in [0.3, 0.4) is 0 Å².